The molecule has 0 bridgehead atoms. The van der Waals surface area contributed by atoms with Gasteiger partial charge >= 0.3 is 5.97 Å². The largest absolute Gasteiger partial charge is 0.465 e. The van der Waals surface area contributed by atoms with Gasteiger partial charge in [0.15, 0.2) is 0 Å². The number of carbonyl (C=O) groups is 2. The Hall–Kier alpha value is -2.13. The Morgan fingerprint density at radius 2 is 2.12 bits per heavy atom. The summed E-state index contributed by atoms with van der Waals surface area (Å²) in [6.07, 6.45) is 1.87. The Kier molecular flexibility index (Phi) is 5.79. The number of rotatable bonds is 5. The molecule has 0 aliphatic heterocycles. The summed E-state index contributed by atoms with van der Waals surface area (Å²) >= 11 is 2.75. The third-order valence-electron chi connectivity index (χ3n) is 3.31. The van der Waals surface area contributed by atoms with E-state index in [4.69, 9.17) is 4.74 Å². The van der Waals surface area contributed by atoms with E-state index in [1.165, 1.54) is 30.2 Å². The van der Waals surface area contributed by atoms with E-state index in [1.54, 1.807) is 6.92 Å². The maximum Gasteiger partial charge on any atom is 0.341 e. The molecule has 0 fully saturated rings. The summed E-state index contributed by atoms with van der Waals surface area (Å²) in [4.78, 5) is 43.7. The first-order chi connectivity index (χ1) is 11.4. The van der Waals surface area contributed by atoms with Crippen LogP contribution in [0.1, 0.15) is 37.1 Å². The molecule has 128 valence electrons. The Bertz CT molecular complexity index is 842. The number of hydrogen-bond acceptors (Lipinski definition) is 7. The van der Waals surface area contributed by atoms with Gasteiger partial charge in [-0.1, -0.05) is 0 Å². The zero-order valence-corrected chi connectivity index (χ0v) is 15.3. The lowest BCUT2D eigenvalue weighted by Crippen LogP contribution is -2.20. The van der Waals surface area contributed by atoms with E-state index in [2.05, 4.69) is 15.3 Å². The number of thiophene rings is 1. The van der Waals surface area contributed by atoms with E-state index < -0.39 is 17.4 Å². The summed E-state index contributed by atoms with van der Waals surface area (Å²) in [7, 11) is 1.29. The molecule has 0 unspecified atom stereocenters. The third kappa shape index (κ3) is 3.85. The summed E-state index contributed by atoms with van der Waals surface area (Å²) in [6.45, 7) is 3.64. The van der Waals surface area contributed by atoms with Crippen molar-refractivity contribution in [3.63, 3.8) is 0 Å². The Labute approximate surface area is 146 Å². The van der Waals surface area contributed by atoms with Crippen molar-refractivity contribution < 1.29 is 14.3 Å². The third-order valence-corrected chi connectivity index (χ3v) is 4.99. The predicted octanol–water partition coefficient (Wildman–Crippen LogP) is 2.35. The lowest BCUT2D eigenvalue weighted by atomic mass is 10.1. The second-order valence-corrected chi connectivity index (χ2v) is 7.03. The van der Waals surface area contributed by atoms with Gasteiger partial charge < -0.3 is 15.0 Å². The van der Waals surface area contributed by atoms with Gasteiger partial charge in [0.2, 0.25) is 0 Å². The molecule has 9 heteroatoms. The summed E-state index contributed by atoms with van der Waals surface area (Å²) in [5.41, 5.74) is 0.680. The van der Waals surface area contributed by atoms with Crippen LogP contribution in [0.4, 0.5) is 5.00 Å². The van der Waals surface area contributed by atoms with Crippen LogP contribution in [-0.2, 0) is 10.5 Å². The van der Waals surface area contributed by atoms with E-state index in [0.29, 0.717) is 22.1 Å². The number of nitrogens with zero attached hydrogens (tertiary/aromatic N) is 1. The summed E-state index contributed by atoms with van der Waals surface area (Å²) in [5.74, 6) is -0.156. The van der Waals surface area contributed by atoms with Gasteiger partial charge in [0.25, 0.3) is 11.5 Å². The molecule has 2 heterocycles. The van der Waals surface area contributed by atoms with Crippen LogP contribution in [0.3, 0.4) is 0 Å². The molecule has 1 amide bonds. The molecule has 24 heavy (non-hydrogen) atoms. The molecule has 0 aromatic carbocycles. The fraction of sp³-hybridized carbons (Fsp3) is 0.333. The summed E-state index contributed by atoms with van der Waals surface area (Å²) in [5, 5.41) is 3.04. The Balaban J connectivity index is 2.35. The maximum absolute atomic E-state index is 12.4. The van der Waals surface area contributed by atoms with E-state index in [-0.39, 0.29) is 5.69 Å². The van der Waals surface area contributed by atoms with Crippen molar-refractivity contribution in [2.24, 2.45) is 0 Å². The fourth-order valence-corrected chi connectivity index (χ4v) is 3.51. The van der Waals surface area contributed by atoms with Crippen molar-refractivity contribution >= 4 is 40.0 Å². The highest BCUT2D eigenvalue weighted by molar-refractivity contribution is 7.97. The fourth-order valence-electron chi connectivity index (χ4n) is 2.06. The molecule has 2 N–H and O–H groups in total. The van der Waals surface area contributed by atoms with E-state index in [1.807, 2.05) is 13.2 Å². The second-order valence-electron chi connectivity index (χ2n) is 4.94. The van der Waals surface area contributed by atoms with E-state index in [9.17, 15) is 14.4 Å². The highest BCUT2D eigenvalue weighted by Gasteiger charge is 2.22. The molecule has 2 aromatic heterocycles. The van der Waals surface area contributed by atoms with Gasteiger partial charge in [-0.05, 0) is 25.7 Å². The highest BCUT2D eigenvalue weighted by Crippen LogP contribution is 2.33. The Morgan fingerprint density at radius 1 is 1.42 bits per heavy atom. The molecule has 0 saturated heterocycles. The first-order valence-electron chi connectivity index (χ1n) is 6.96. The first-order valence-corrected chi connectivity index (χ1v) is 9.17. The van der Waals surface area contributed by atoms with Gasteiger partial charge in [0.05, 0.1) is 18.4 Å². The number of aromatic amines is 1. The van der Waals surface area contributed by atoms with Crippen LogP contribution in [0.5, 0.6) is 0 Å². The lowest BCUT2D eigenvalue weighted by Gasteiger charge is -2.06. The van der Waals surface area contributed by atoms with Crippen LogP contribution < -0.4 is 10.9 Å². The van der Waals surface area contributed by atoms with Crippen molar-refractivity contribution in [3.8, 4) is 0 Å². The second kappa shape index (κ2) is 7.63. The highest BCUT2D eigenvalue weighted by atomic mass is 32.2. The predicted molar refractivity (Wildman–Crippen MR) is 95.2 cm³/mol. The minimum Gasteiger partial charge on any atom is -0.465 e. The monoisotopic (exact) mass is 367 g/mol. The number of carbonyl (C=O) groups excluding carboxylic acids is 2. The minimum absolute atomic E-state index is 0.00215. The quantitative estimate of drug-likeness (QED) is 0.787. The Morgan fingerprint density at radius 3 is 2.75 bits per heavy atom. The number of ether oxygens (including phenoxy) is 1. The number of hydrogen-bond donors (Lipinski definition) is 2. The zero-order chi connectivity index (χ0) is 17.9. The average molecular weight is 367 g/mol. The minimum atomic E-state index is -0.546. The number of anilines is 1. The maximum atomic E-state index is 12.4. The summed E-state index contributed by atoms with van der Waals surface area (Å²) < 4.78 is 4.77. The van der Waals surface area contributed by atoms with Crippen LogP contribution >= 0.6 is 23.1 Å². The van der Waals surface area contributed by atoms with Crippen molar-refractivity contribution in [2.45, 2.75) is 19.6 Å². The number of aromatic nitrogens is 2. The standard InChI is InChI=1S/C15H17N3O4S2/c1-7-8(2)24-14(12(7)15(21)22-3)18-13(20)9-5-11(19)17-10(16-9)6-23-4/h5H,6H2,1-4H3,(H,18,20)(H,16,17,19). The zero-order valence-electron chi connectivity index (χ0n) is 13.7. The van der Waals surface area contributed by atoms with Gasteiger partial charge in [-0.25, -0.2) is 9.78 Å². The number of thioether (sulfide) groups is 1. The number of nitrogens with one attached hydrogen (secondary N) is 2. The summed E-state index contributed by atoms with van der Waals surface area (Å²) in [6, 6.07) is 1.13. The van der Waals surface area contributed by atoms with E-state index in [0.717, 1.165) is 16.5 Å². The van der Waals surface area contributed by atoms with Crippen LogP contribution in [0.15, 0.2) is 10.9 Å². The van der Waals surface area contributed by atoms with Gasteiger partial charge in [-0.15, -0.1) is 11.3 Å². The molecule has 0 saturated carbocycles. The first kappa shape index (κ1) is 18.2. The molecule has 7 nitrogen and oxygen atoms in total. The average Bonchev–Trinajstić information content (AvgIpc) is 2.80. The normalized spacial score (nSPS) is 10.5. The van der Waals surface area contributed by atoms with Crippen LogP contribution in [0.25, 0.3) is 0 Å². The van der Waals surface area contributed by atoms with Crippen molar-refractivity contribution in [2.75, 3.05) is 18.7 Å². The molecular weight excluding hydrogens is 350 g/mol. The van der Waals surface area contributed by atoms with Gasteiger partial charge in [0, 0.05) is 10.9 Å². The number of H-pyrrole nitrogens is 1. The van der Waals surface area contributed by atoms with E-state index >= 15 is 0 Å². The number of aryl methyl sites for hydroxylation is 1. The van der Waals surface area contributed by atoms with Crippen LogP contribution in [0, 0.1) is 13.8 Å². The molecule has 2 rings (SSSR count). The molecular formula is C15H17N3O4S2. The van der Waals surface area contributed by atoms with Crippen LogP contribution in [-0.4, -0.2) is 35.2 Å². The van der Waals surface area contributed by atoms with Gasteiger partial charge in [0.1, 0.15) is 16.5 Å². The number of methoxy groups -OCH3 is 1. The van der Waals surface area contributed by atoms with Gasteiger partial charge in [-0.2, -0.15) is 11.8 Å². The lowest BCUT2D eigenvalue weighted by molar-refractivity contribution is 0.0601. The topological polar surface area (TPSA) is 101 Å². The number of esters is 1. The van der Waals surface area contributed by atoms with Crippen molar-refractivity contribution in [1.29, 1.82) is 0 Å². The molecule has 0 spiro atoms. The molecule has 0 aliphatic carbocycles. The van der Waals surface area contributed by atoms with Gasteiger partial charge in [-0.3, -0.25) is 9.59 Å². The van der Waals surface area contributed by atoms with Crippen LogP contribution in [0.2, 0.25) is 0 Å². The molecule has 2 aromatic rings. The molecule has 0 atom stereocenters. The smallest absolute Gasteiger partial charge is 0.341 e. The molecule has 0 radical (unpaired) electrons. The van der Waals surface area contributed by atoms with Crippen molar-refractivity contribution in [1.82, 2.24) is 9.97 Å². The SMILES string of the molecule is COC(=O)c1c(NC(=O)c2cc(=O)[nH]c(CSC)n2)sc(C)c1C. The number of amides is 1. The molecule has 0 aliphatic rings. The van der Waals surface area contributed by atoms with Crippen molar-refractivity contribution in [3.05, 3.63) is 43.9 Å².